The number of aliphatic hydroxyl groups excluding tert-OH is 7. The van der Waals surface area contributed by atoms with Crippen LogP contribution in [0, 0.1) is 0 Å². The lowest BCUT2D eigenvalue weighted by Gasteiger charge is -2.42. The fraction of sp³-hybridized carbons (Fsp3) is 0.932. The molecule has 2 rings (SSSR count). The maximum atomic E-state index is 12.9. The molecule has 342 valence electrons. The van der Waals surface area contributed by atoms with Crippen molar-refractivity contribution >= 4 is 5.97 Å². The first-order valence-corrected chi connectivity index (χ1v) is 22.8. The molecule has 0 aromatic heterocycles. The molecule has 11 unspecified atom stereocenters. The number of allylic oxidation sites excluding steroid dienone is 2. The Hall–Kier alpha value is -1.27. The van der Waals surface area contributed by atoms with Crippen LogP contribution in [0.2, 0.25) is 0 Å². The highest BCUT2D eigenvalue weighted by Crippen LogP contribution is 2.26. The van der Waals surface area contributed by atoms with Gasteiger partial charge in [0.2, 0.25) is 0 Å². The van der Waals surface area contributed by atoms with Crippen LogP contribution in [0.15, 0.2) is 12.2 Å². The second kappa shape index (κ2) is 33.4. The van der Waals surface area contributed by atoms with E-state index in [1.54, 1.807) is 0 Å². The summed E-state index contributed by atoms with van der Waals surface area (Å²) in [5, 5.41) is 71.8. The number of carbonyl (C=O) groups is 1. The Morgan fingerprint density at radius 2 is 1.02 bits per heavy atom. The largest absolute Gasteiger partial charge is 0.457 e. The predicted molar refractivity (Wildman–Crippen MR) is 220 cm³/mol. The van der Waals surface area contributed by atoms with Gasteiger partial charge in [-0.2, -0.15) is 0 Å². The van der Waals surface area contributed by atoms with Gasteiger partial charge in [-0.3, -0.25) is 4.79 Å². The van der Waals surface area contributed by atoms with Crippen molar-refractivity contribution in [3.8, 4) is 0 Å². The van der Waals surface area contributed by atoms with Gasteiger partial charge in [0.25, 0.3) is 0 Å². The molecule has 11 atom stereocenters. The molecule has 14 heteroatoms. The average molecular weight is 835 g/mol. The maximum absolute atomic E-state index is 12.9. The van der Waals surface area contributed by atoms with E-state index < -0.39 is 80.7 Å². The minimum absolute atomic E-state index is 0.0623. The number of esters is 1. The minimum atomic E-state index is -1.70. The Bertz CT molecular complexity index is 1020. The van der Waals surface area contributed by atoms with Gasteiger partial charge in [-0.1, -0.05) is 129 Å². The monoisotopic (exact) mass is 835 g/mol. The van der Waals surface area contributed by atoms with Gasteiger partial charge in [0.05, 0.1) is 26.4 Å². The van der Waals surface area contributed by atoms with Gasteiger partial charge in [-0.25, -0.2) is 0 Å². The first kappa shape index (κ1) is 52.9. The number of aliphatic hydroxyl groups is 7. The molecule has 2 aliphatic rings. The van der Waals surface area contributed by atoms with Crippen molar-refractivity contribution in [3.63, 3.8) is 0 Å². The topological polar surface area (TPSA) is 214 Å². The Balaban J connectivity index is 1.81. The number of ether oxygens (including phenoxy) is 6. The van der Waals surface area contributed by atoms with Crippen molar-refractivity contribution < 1.29 is 69.0 Å². The fourth-order valence-corrected chi connectivity index (χ4v) is 7.22. The van der Waals surface area contributed by atoms with Gasteiger partial charge in [-0.05, 0) is 38.5 Å². The summed E-state index contributed by atoms with van der Waals surface area (Å²) in [6.45, 7) is 3.65. The highest BCUT2D eigenvalue weighted by atomic mass is 16.7. The summed E-state index contributed by atoms with van der Waals surface area (Å²) in [7, 11) is 0. The van der Waals surface area contributed by atoms with Crippen molar-refractivity contribution in [1.29, 1.82) is 0 Å². The van der Waals surface area contributed by atoms with Gasteiger partial charge in [-0.15, -0.1) is 0 Å². The zero-order valence-corrected chi connectivity index (χ0v) is 35.8. The number of hydrogen-bond donors (Lipinski definition) is 7. The molecule has 0 spiro atoms. The molecule has 0 amide bonds. The summed E-state index contributed by atoms with van der Waals surface area (Å²) in [4.78, 5) is 12.9. The fourth-order valence-electron chi connectivity index (χ4n) is 7.22. The molecule has 0 aromatic rings. The van der Waals surface area contributed by atoms with E-state index in [0.29, 0.717) is 13.0 Å². The quantitative estimate of drug-likeness (QED) is 0.0251. The van der Waals surface area contributed by atoms with Crippen LogP contribution < -0.4 is 0 Å². The van der Waals surface area contributed by atoms with Crippen LogP contribution in [0.25, 0.3) is 0 Å². The number of unbranched alkanes of at least 4 members (excludes halogenated alkanes) is 19. The lowest BCUT2D eigenvalue weighted by molar-refractivity contribution is -0.332. The number of hydrogen-bond acceptors (Lipinski definition) is 14. The van der Waals surface area contributed by atoms with Crippen LogP contribution in [0.5, 0.6) is 0 Å². The average Bonchev–Trinajstić information content (AvgIpc) is 3.22. The molecule has 0 aliphatic carbocycles. The number of carbonyl (C=O) groups excluding carboxylic acids is 1. The van der Waals surface area contributed by atoms with E-state index in [1.165, 1.54) is 77.0 Å². The van der Waals surface area contributed by atoms with Crippen LogP contribution in [-0.4, -0.2) is 142 Å². The molecule has 0 aromatic carbocycles. The van der Waals surface area contributed by atoms with Crippen molar-refractivity contribution in [1.82, 2.24) is 0 Å². The first-order valence-electron chi connectivity index (χ1n) is 22.8. The van der Waals surface area contributed by atoms with Crippen LogP contribution in [-0.2, 0) is 33.2 Å². The zero-order chi connectivity index (χ0) is 42.4. The lowest BCUT2D eigenvalue weighted by atomic mass is 9.98. The Morgan fingerprint density at radius 1 is 0.552 bits per heavy atom. The Morgan fingerprint density at radius 3 is 1.57 bits per heavy atom. The smallest absolute Gasteiger partial charge is 0.306 e. The van der Waals surface area contributed by atoms with E-state index in [-0.39, 0.29) is 25.6 Å². The Labute approximate surface area is 348 Å². The third-order valence-electron chi connectivity index (χ3n) is 11.0. The molecular weight excluding hydrogens is 752 g/mol. The zero-order valence-electron chi connectivity index (χ0n) is 35.8. The third kappa shape index (κ3) is 22.0. The number of rotatable bonds is 35. The molecule has 2 heterocycles. The molecule has 0 saturated carbocycles. The third-order valence-corrected chi connectivity index (χ3v) is 11.0. The SMILES string of the molecule is CCCCCCCC/C=C\CCCCCCCC(=O)OC(COCCCCCCCCCCC)COC1OC(COC2OC(CO)C(O)C(O)C2O)C(O)C(O)C1O. The van der Waals surface area contributed by atoms with Gasteiger partial charge < -0.3 is 64.2 Å². The highest BCUT2D eigenvalue weighted by molar-refractivity contribution is 5.69. The molecule has 2 aliphatic heterocycles. The van der Waals surface area contributed by atoms with Gasteiger partial charge in [0.1, 0.15) is 54.9 Å². The van der Waals surface area contributed by atoms with E-state index in [9.17, 15) is 40.5 Å². The standard InChI is InChI=1S/C44H82O14/c1-3-5-7-9-11-13-14-15-16-17-18-19-21-23-25-27-36(46)56-33(30-53-28-26-24-22-20-12-10-8-6-4-2)31-54-43-42(52)40(50)38(48)35(58-43)32-55-44-41(51)39(49)37(47)34(29-45)57-44/h15-16,33-35,37-45,47-52H,3-14,17-32H2,1-2H3/b16-15-. The summed E-state index contributed by atoms with van der Waals surface area (Å²) < 4.78 is 34.1. The van der Waals surface area contributed by atoms with Gasteiger partial charge >= 0.3 is 5.97 Å². The minimum Gasteiger partial charge on any atom is -0.457 e. The van der Waals surface area contributed by atoms with Crippen molar-refractivity contribution in [2.75, 3.05) is 33.0 Å². The van der Waals surface area contributed by atoms with Crippen LogP contribution >= 0.6 is 0 Å². The molecule has 58 heavy (non-hydrogen) atoms. The second-order valence-electron chi connectivity index (χ2n) is 16.2. The highest BCUT2D eigenvalue weighted by Gasteiger charge is 2.47. The van der Waals surface area contributed by atoms with Crippen molar-refractivity contribution in [2.45, 2.75) is 229 Å². The van der Waals surface area contributed by atoms with E-state index in [4.69, 9.17) is 28.4 Å². The summed E-state index contributed by atoms with van der Waals surface area (Å²) >= 11 is 0. The van der Waals surface area contributed by atoms with Crippen LogP contribution in [0.1, 0.15) is 162 Å². The summed E-state index contributed by atoms with van der Waals surface area (Å²) in [6, 6.07) is 0. The first-order chi connectivity index (χ1) is 28.1. The van der Waals surface area contributed by atoms with Crippen molar-refractivity contribution in [2.24, 2.45) is 0 Å². The van der Waals surface area contributed by atoms with E-state index in [2.05, 4.69) is 26.0 Å². The summed E-state index contributed by atoms with van der Waals surface area (Å²) in [5.74, 6) is -0.385. The van der Waals surface area contributed by atoms with Crippen molar-refractivity contribution in [3.05, 3.63) is 12.2 Å². The molecule has 14 nitrogen and oxygen atoms in total. The van der Waals surface area contributed by atoms with Gasteiger partial charge in [0, 0.05) is 13.0 Å². The molecule has 2 saturated heterocycles. The molecule has 7 N–H and O–H groups in total. The van der Waals surface area contributed by atoms with Gasteiger partial charge in [0.15, 0.2) is 12.6 Å². The van der Waals surface area contributed by atoms with E-state index in [1.807, 2.05) is 0 Å². The summed E-state index contributed by atoms with van der Waals surface area (Å²) in [5.41, 5.74) is 0. The summed E-state index contributed by atoms with van der Waals surface area (Å²) in [6.07, 6.45) is 14.3. The molecular formula is C44H82O14. The molecule has 2 fully saturated rings. The van der Waals surface area contributed by atoms with Crippen LogP contribution in [0.3, 0.4) is 0 Å². The van der Waals surface area contributed by atoms with E-state index >= 15 is 0 Å². The Kier molecular flexibility index (Phi) is 30.4. The normalized spacial score (nSPS) is 28.3. The maximum Gasteiger partial charge on any atom is 0.306 e. The molecule has 0 bridgehead atoms. The van der Waals surface area contributed by atoms with E-state index in [0.717, 1.165) is 57.8 Å². The lowest BCUT2D eigenvalue weighted by Crippen LogP contribution is -2.61. The molecule has 0 radical (unpaired) electrons. The second-order valence-corrected chi connectivity index (χ2v) is 16.2. The van der Waals surface area contributed by atoms with Crippen LogP contribution in [0.4, 0.5) is 0 Å². The predicted octanol–water partition coefficient (Wildman–Crippen LogP) is 5.12.